The summed E-state index contributed by atoms with van der Waals surface area (Å²) in [5.74, 6) is -0.111. The van der Waals surface area contributed by atoms with Crippen molar-refractivity contribution in [3.8, 4) is 11.5 Å². The maximum Gasteiger partial charge on any atom is 0.410 e. The number of carbonyl (C=O) groups excluding carboxylic acids is 3. The van der Waals surface area contributed by atoms with Gasteiger partial charge in [-0.15, -0.1) is 11.6 Å². The first-order valence-corrected chi connectivity index (χ1v) is 15.5. The number of halogens is 2. The first kappa shape index (κ1) is 35.4. The summed E-state index contributed by atoms with van der Waals surface area (Å²) in [5, 5.41) is 0. The highest BCUT2D eigenvalue weighted by molar-refractivity contribution is 6.30. The lowest BCUT2D eigenvalue weighted by molar-refractivity contribution is -0.136. The molecule has 2 aromatic carbocycles. The van der Waals surface area contributed by atoms with Gasteiger partial charge in [-0.1, -0.05) is 56.0 Å². The normalized spacial score (nSPS) is 16.3. The lowest BCUT2D eigenvalue weighted by Gasteiger charge is -2.43. The van der Waals surface area contributed by atoms with Crippen molar-refractivity contribution in [1.82, 2.24) is 9.80 Å². The Morgan fingerprint density at radius 1 is 1.13 bits per heavy atom. The molecule has 3 amide bonds. The largest absolute Gasteiger partial charge is 0.457 e. The third-order valence-electron chi connectivity index (χ3n) is 7.20. The summed E-state index contributed by atoms with van der Waals surface area (Å²) in [5.41, 5.74) is 0.802. The van der Waals surface area contributed by atoms with Crippen molar-refractivity contribution in [3.05, 3.63) is 90.6 Å². The van der Waals surface area contributed by atoms with Gasteiger partial charge in [-0.25, -0.2) is 9.18 Å². The topological polar surface area (TPSA) is 79.4 Å². The number of hydrogen-bond acceptors (Lipinski definition) is 5. The van der Waals surface area contributed by atoms with E-state index in [-0.39, 0.29) is 25.7 Å². The van der Waals surface area contributed by atoms with Crippen LogP contribution in [0.2, 0.25) is 0 Å². The lowest BCUT2D eigenvalue weighted by atomic mass is 9.98. The van der Waals surface area contributed by atoms with Gasteiger partial charge in [-0.2, -0.15) is 0 Å². The quantitative estimate of drug-likeness (QED) is 0.192. The van der Waals surface area contributed by atoms with Crippen LogP contribution in [0.25, 0.3) is 0 Å². The summed E-state index contributed by atoms with van der Waals surface area (Å²) in [7, 11) is 0. The Morgan fingerprint density at radius 3 is 2.42 bits per heavy atom. The Morgan fingerprint density at radius 2 is 1.84 bits per heavy atom. The molecule has 0 aliphatic carbocycles. The molecule has 2 atom stereocenters. The fraction of sp³-hybridized carbons (Fsp3) is 0.400. The molecule has 0 spiro atoms. The molecule has 1 fully saturated rings. The number of ether oxygens (including phenoxy) is 2. The van der Waals surface area contributed by atoms with Crippen molar-refractivity contribution in [3.63, 3.8) is 0 Å². The smallest absolute Gasteiger partial charge is 0.410 e. The van der Waals surface area contributed by atoms with Crippen LogP contribution in [0.1, 0.15) is 39.7 Å². The number of amides is 3. The van der Waals surface area contributed by atoms with Crippen molar-refractivity contribution < 1.29 is 28.2 Å². The zero-order chi connectivity index (χ0) is 33.1. The van der Waals surface area contributed by atoms with Crippen LogP contribution >= 0.6 is 11.6 Å². The van der Waals surface area contributed by atoms with Gasteiger partial charge in [-0.05, 0) is 75.6 Å². The number of allylic oxidation sites excluding steroid dienone is 3. The fourth-order valence-electron chi connectivity index (χ4n) is 5.16. The van der Waals surface area contributed by atoms with Crippen LogP contribution in [0.4, 0.5) is 14.9 Å². The number of piperazine rings is 1. The molecule has 10 heteroatoms. The van der Waals surface area contributed by atoms with Crippen LogP contribution in [-0.2, 0) is 14.3 Å². The van der Waals surface area contributed by atoms with E-state index in [1.807, 2.05) is 44.2 Å². The molecule has 0 unspecified atom stereocenters. The second kappa shape index (κ2) is 16.3. The van der Waals surface area contributed by atoms with E-state index in [0.29, 0.717) is 34.7 Å². The van der Waals surface area contributed by atoms with Gasteiger partial charge in [0.2, 0.25) is 5.91 Å². The molecule has 45 heavy (non-hydrogen) atoms. The van der Waals surface area contributed by atoms with Gasteiger partial charge in [0.1, 0.15) is 35.7 Å². The maximum atomic E-state index is 14.5. The van der Waals surface area contributed by atoms with E-state index in [1.54, 1.807) is 54.8 Å². The molecule has 1 aliphatic heterocycles. The summed E-state index contributed by atoms with van der Waals surface area (Å²) in [6.07, 6.45) is 5.97. The Labute approximate surface area is 270 Å². The van der Waals surface area contributed by atoms with Crippen molar-refractivity contribution in [2.75, 3.05) is 37.1 Å². The average Bonchev–Trinajstić information content (AvgIpc) is 3.01. The third kappa shape index (κ3) is 9.44. The molecule has 1 aliphatic rings. The summed E-state index contributed by atoms with van der Waals surface area (Å²) < 4.78 is 25.0. The standard InChI is InChI=1S/C35H43ClFN3O5/c1-7-13-26(14-12-19-37)32(33(42)38-20-21-39(27(8-2)24-38)34(43)45-35(4,5)6)40(31(41)23-36)30-18-17-29(22-25(30)3)44-28-15-10-9-11-16-28/h7,9-18,22,27,32H,1,8,19-21,23-24H2,2-6H3/b14-12-,26-13+/t27-,32+/m1/s1. The van der Waals surface area contributed by atoms with Crippen LogP contribution in [0.15, 0.2) is 85.0 Å². The second-order valence-corrected chi connectivity index (χ2v) is 11.9. The minimum Gasteiger partial charge on any atom is -0.457 e. The molecule has 1 saturated heterocycles. The SMILES string of the molecule is C=C/C=C(\C=C/CF)[C@@H](C(=O)N1CCN(C(=O)OC(C)(C)C)[C@H](CC)C1)N(C(=O)CCl)c1ccc(Oc2ccccc2)cc1C. The Balaban J connectivity index is 2.05. The van der Waals surface area contributed by atoms with E-state index in [0.717, 1.165) is 0 Å². The van der Waals surface area contributed by atoms with Gasteiger partial charge in [0.15, 0.2) is 0 Å². The van der Waals surface area contributed by atoms with E-state index >= 15 is 0 Å². The zero-order valence-electron chi connectivity index (χ0n) is 26.7. The monoisotopic (exact) mass is 639 g/mol. The van der Waals surface area contributed by atoms with E-state index in [1.165, 1.54) is 23.1 Å². The number of anilines is 1. The van der Waals surface area contributed by atoms with Crippen molar-refractivity contribution in [2.45, 2.75) is 58.7 Å². The second-order valence-electron chi connectivity index (χ2n) is 11.6. The molecule has 0 aromatic heterocycles. The molecular weight excluding hydrogens is 597 g/mol. The molecule has 0 saturated carbocycles. The highest BCUT2D eigenvalue weighted by atomic mass is 35.5. The number of aryl methyl sites for hydroxylation is 1. The first-order valence-electron chi connectivity index (χ1n) is 15.0. The van der Waals surface area contributed by atoms with Crippen molar-refractivity contribution >= 4 is 35.2 Å². The number of para-hydroxylation sites is 1. The van der Waals surface area contributed by atoms with Crippen LogP contribution < -0.4 is 9.64 Å². The summed E-state index contributed by atoms with van der Waals surface area (Å²) in [6.45, 7) is 12.9. The third-order valence-corrected chi connectivity index (χ3v) is 7.43. The average molecular weight is 640 g/mol. The van der Waals surface area contributed by atoms with Gasteiger partial charge in [0.25, 0.3) is 5.91 Å². The Hall–Kier alpha value is -4.11. The summed E-state index contributed by atoms with van der Waals surface area (Å²) in [6, 6.07) is 13.0. The molecule has 3 rings (SSSR count). The highest BCUT2D eigenvalue weighted by Crippen LogP contribution is 2.32. The molecule has 2 aromatic rings. The molecule has 0 bridgehead atoms. The van der Waals surface area contributed by atoms with Gasteiger partial charge in [0.05, 0.1) is 6.04 Å². The van der Waals surface area contributed by atoms with Gasteiger partial charge in [0, 0.05) is 25.3 Å². The lowest BCUT2D eigenvalue weighted by Crippen LogP contribution is -2.61. The minimum absolute atomic E-state index is 0.213. The van der Waals surface area contributed by atoms with Crippen LogP contribution in [0.3, 0.4) is 0 Å². The first-order chi connectivity index (χ1) is 21.4. The van der Waals surface area contributed by atoms with Crippen molar-refractivity contribution in [1.29, 1.82) is 0 Å². The van der Waals surface area contributed by atoms with Crippen LogP contribution in [0.5, 0.6) is 11.5 Å². The number of alkyl halides is 2. The number of carbonyl (C=O) groups is 3. The maximum absolute atomic E-state index is 14.5. The fourth-order valence-corrected chi connectivity index (χ4v) is 5.29. The van der Waals surface area contributed by atoms with Crippen LogP contribution in [0, 0.1) is 6.92 Å². The zero-order valence-corrected chi connectivity index (χ0v) is 27.4. The van der Waals surface area contributed by atoms with Gasteiger partial charge in [-0.3, -0.25) is 14.5 Å². The van der Waals surface area contributed by atoms with Gasteiger partial charge >= 0.3 is 6.09 Å². The summed E-state index contributed by atoms with van der Waals surface area (Å²) >= 11 is 6.14. The van der Waals surface area contributed by atoms with E-state index in [2.05, 4.69) is 6.58 Å². The highest BCUT2D eigenvalue weighted by Gasteiger charge is 2.40. The Bertz CT molecular complexity index is 1410. The molecule has 1 heterocycles. The minimum atomic E-state index is -1.19. The molecule has 242 valence electrons. The molecule has 0 N–H and O–H groups in total. The predicted molar refractivity (Wildman–Crippen MR) is 177 cm³/mol. The van der Waals surface area contributed by atoms with E-state index in [9.17, 15) is 18.8 Å². The molecule has 8 nitrogen and oxygen atoms in total. The van der Waals surface area contributed by atoms with Crippen molar-refractivity contribution in [2.24, 2.45) is 0 Å². The van der Waals surface area contributed by atoms with E-state index < -0.39 is 42.1 Å². The predicted octanol–water partition coefficient (Wildman–Crippen LogP) is 7.22. The number of hydrogen-bond donors (Lipinski definition) is 0. The molecule has 0 radical (unpaired) electrons. The molecular formula is C35H43ClFN3O5. The number of benzene rings is 2. The van der Waals surface area contributed by atoms with E-state index in [4.69, 9.17) is 21.1 Å². The summed E-state index contributed by atoms with van der Waals surface area (Å²) in [4.78, 5) is 45.7. The Kier molecular flexibility index (Phi) is 12.8. The van der Waals surface area contributed by atoms with Crippen LogP contribution in [-0.4, -0.2) is 77.6 Å². The number of nitrogens with zero attached hydrogens (tertiary/aromatic N) is 3. The van der Waals surface area contributed by atoms with Gasteiger partial charge < -0.3 is 19.3 Å². The number of rotatable bonds is 11.